The van der Waals surface area contributed by atoms with E-state index in [0.29, 0.717) is 0 Å². The standard InChI is InChI=1S/C48H30BN3/c1-4-14-31(15-5-1)32-26-28-40-37(30-32)45-42(50(40)33-16-6-2-7-17-33)29-27-36-35-20-12-22-39-47(35)52(48(36)45)44-25-13-24-43-46(44)49(39)38-21-10-11-23-41(38)51(43)34-18-8-3-9-19-34/h1-30H. The normalized spacial score (nSPS) is 12.9. The van der Waals surface area contributed by atoms with Crippen LogP contribution in [0.5, 0.6) is 0 Å². The second-order valence-electron chi connectivity index (χ2n) is 14.1. The number of benzene rings is 8. The number of nitrogens with zero attached hydrogens (tertiary/aromatic N) is 3. The highest BCUT2D eigenvalue weighted by Crippen LogP contribution is 2.45. The maximum absolute atomic E-state index is 2.61. The van der Waals surface area contributed by atoms with Crippen LogP contribution < -0.4 is 21.3 Å². The van der Waals surface area contributed by atoms with Gasteiger partial charge in [0, 0.05) is 55.5 Å². The lowest BCUT2D eigenvalue weighted by Gasteiger charge is -2.40. The molecular formula is C48H30BN3. The first-order chi connectivity index (χ1) is 25.8. The van der Waals surface area contributed by atoms with Crippen molar-refractivity contribution in [1.82, 2.24) is 9.13 Å². The molecule has 0 atom stereocenters. The van der Waals surface area contributed by atoms with Crippen molar-refractivity contribution in [2.24, 2.45) is 0 Å². The largest absolute Gasteiger partial charge is 0.311 e. The topological polar surface area (TPSA) is 13.1 Å². The van der Waals surface area contributed by atoms with E-state index >= 15 is 0 Å². The molecule has 0 fully saturated rings. The molecule has 0 unspecified atom stereocenters. The van der Waals surface area contributed by atoms with E-state index in [9.17, 15) is 0 Å². The first kappa shape index (κ1) is 28.0. The molecule has 12 rings (SSSR count). The zero-order chi connectivity index (χ0) is 33.9. The fourth-order valence-corrected chi connectivity index (χ4v) is 9.45. The number of hydrogen-bond donors (Lipinski definition) is 0. The Balaban J connectivity index is 1.27. The Kier molecular flexibility index (Phi) is 5.58. The van der Waals surface area contributed by atoms with Crippen molar-refractivity contribution in [1.29, 1.82) is 0 Å². The number of rotatable bonds is 3. The summed E-state index contributed by atoms with van der Waals surface area (Å²) in [5.74, 6) is 0. The number of para-hydroxylation sites is 4. The molecule has 240 valence electrons. The highest BCUT2D eigenvalue weighted by molar-refractivity contribution is 7.00. The number of fused-ring (bicyclic) bond motifs is 11. The van der Waals surface area contributed by atoms with Crippen molar-refractivity contribution in [3.63, 3.8) is 0 Å². The predicted molar refractivity (Wildman–Crippen MR) is 220 cm³/mol. The highest BCUT2D eigenvalue weighted by Gasteiger charge is 2.41. The molecule has 2 aliphatic rings. The molecule has 4 heteroatoms. The minimum Gasteiger partial charge on any atom is -0.311 e. The SMILES string of the molecule is c1ccc(-c2ccc3c(c2)c2c(ccc4c5cccc6c5n(c42)-c2cccc4c2B6c2ccccc2N4c2ccccc2)n3-c2ccccc2)cc1. The third-order valence-corrected chi connectivity index (χ3v) is 11.5. The van der Waals surface area contributed by atoms with Gasteiger partial charge in [0.1, 0.15) is 0 Å². The van der Waals surface area contributed by atoms with Gasteiger partial charge in [0.25, 0.3) is 6.71 Å². The van der Waals surface area contributed by atoms with Gasteiger partial charge in [0.15, 0.2) is 0 Å². The summed E-state index contributed by atoms with van der Waals surface area (Å²) in [5.41, 5.74) is 17.6. The van der Waals surface area contributed by atoms with Gasteiger partial charge in [-0.2, -0.15) is 0 Å². The van der Waals surface area contributed by atoms with Gasteiger partial charge in [-0.05, 0) is 88.2 Å². The smallest absolute Gasteiger partial charge is 0.252 e. The quantitative estimate of drug-likeness (QED) is 0.172. The van der Waals surface area contributed by atoms with Crippen molar-refractivity contribution in [2.45, 2.75) is 0 Å². The van der Waals surface area contributed by atoms with E-state index in [1.807, 2.05) is 0 Å². The lowest BCUT2D eigenvalue weighted by molar-refractivity contribution is 1.17. The number of hydrogen-bond acceptors (Lipinski definition) is 1. The van der Waals surface area contributed by atoms with Crippen LogP contribution in [0.2, 0.25) is 0 Å². The molecule has 2 aliphatic heterocycles. The molecule has 0 saturated carbocycles. The molecule has 0 spiro atoms. The Morgan fingerprint density at radius 3 is 1.83 bits per heavy atom. The second-order valence-corrected chi connectivity index (χ2v) is 14.1. The van der Waals surface area contributed by atoms with Gasteiger partial charge in [-0.25, -0.2) is 0 Å². The first-order valence-corrected chi connectivity index (χ1v) is 18.1. The minimum absolute atomic E-state index is 0.119. The maximum atomic E-state index is 2.61. The fourth-order valence-electron chi connectivity index (χ4n) is 9.45. The summed E-state index contributed by atoms with van der Waals surface area (Å²) >= 11 is 0. The van der Waals surface area contributed by atoms with Crippen LogP contribution in [0.25, 0.3) is 66.1 Å². The Labute approximate surface area is 301 Å². The van der Waals surface area contributed by atoms with E-state index in [1.165, 1.54) is 93.9 Å². The average Bonchev–Trinajstić information content (AvgIpc) is 3.73. The van der Waals surface area contributed by atoms with Gasteiger partial charge < -0.3 is 14.0 Å². The van der Waals surface area contributed by atoms with Crippen LogP contribution in [0.4, 0.5) is 17.1 Å². The van der Waals surface area contributed by atoms with Gasteiger partial charge in [-0.1, -0.05) is 121 Å². The van der Waals surface area contributed by atoms with Crippen LogP contribution in [0, 0.1) is 0 Å². The molecule has 0 saturated heterocycles. The molecule has 10 aromatic rings. The van der Waals surface area contributed by atoms with E-state index in [1.54, 1.807) is 0 Å². The molecule has 0 amide bonds. The van der Waals surface area contributed by atoms with Crippen LogP contribution >= 0.6 is 0 Å². The van der Waals surface area contributed by atoms with Crippen molar-refractivity contribution >= 4 is 83.8 Å². The lowest BCUT2D eigenvalue weighted by atomic mass is 9.34. The predicted octanol–water partition coefficient (Wildman–Crippen LogP) is 10.2. The van der Waals surface area contributed by atoms with Crippen LogP contribution in [-0.4, -0.2) is 15.8 Å². The third-order valence-electron chi connectivity index (χ3n) is 11.5. The minimum atomic E-state index is 0.119. The second kappa shape index (κ2) is 10.4. The molecular weight excluding hydrogens is 629 g/mol. The van der Waals surface area contributed by atoms with Gasteiger partial charge in [-0.15, -0.1) is 0 Å². The summed E-state index contributed by atoms with van der Waals surface area (Å²) in [5, 5.41) is 5.12. The Morgan fingerprint density at radius 1 is 0.365 bits per heavy atom. The summed E-state index contributed by atoms with van der Waals surface area (Å²) in [4.78, 5) is 2.46. The third kappa shape index (κ3) is 3.60. The van der Waals surface area contributed by atoms with Crippen LogP contribution in [0.15, 0.2) is 182 Å². The molecule has 0 radical (unpaired) electrons. The fraction of sp³-hybridized carbons (Fsp3) is 0. The van der Waals surface area contributed by atoms with Crippen molar-refractivity contribution < 1.29 is 0 Å². The van der Waals surface area contributed by atoms with E-state index in [4.69, 9.17) is 0 Å². The van der Waals surface area contributed by atoms with Crippen molar-refractivity contribution in [2.75, 3.05) is 4.90 Å². The van der Waals surface area contributed by atoms with Gasteiger partial charge in [0.2, 0.25) is 0 Å². The molecule has 0 bridgehead atoms. The summed E-state index contributed by atoms with van der Waals surface area (Å²) in [7, 11) is 0. The van der Waals surface area contributed by atoms with E-state index < -0.39 is 0 Å². The van der Waals surface area contributed by atoms with Gasteiger partial charge in [0.05, 0.1) is 16.6 Å². The monoisotopic (exact) mass is 659 g/mol. The Bertz CT molecular complexity index is 3070. The molecule has 8 aromatic carbocycles. The Morgan fingerprint density at radius 2 is 1.00 bits per heavy atom. The van der Waals surface area contributed by atoms with E-state index in [-0.39, 0.29) is 6.71 Å². The molecule has 2 aromatic heterocycles. The zero-order valence-electron chi connectivity index (χ0n) is 28.2. The van der Waals surface area contributed by atoms with Crippen LogP contribution in [0.3, 0.4) is 0 Å². The lowest BCUT2D eigenvalue weighted by Crippen LogP contribution is -2.60. The molecule has 0 N–H and O–H groups in total. The first-order valence-electron chi connectivity index (χ1n) is 18.1. The number of aromatic nitrogens is 2. The maximum Gasteiger partial charge on any atom is 0.252 e. The van der Waals surface area contributed by atoms with Gasteiger partial charge >= 0.3 is 0 Å². The van der Waals surface area contributed by atoms with Gasteiger partial charge in [-0.3, -0.25) is 0 Å². The average molecular weight is 660 g/mol. The summed E-state index contributed by atoms with van der Waals surface area (Å²) in [6.45, 7) is 0.119. The molecule has 52 heavy (non-hydrogen) atoms. The molecule has 0 aliphatic carbocycles. The molecule has 4 heterocycles. The zero-order valence-corrected chi connectivity index (χ0v) is 28.2. The Hall–Kier alpha value is -6.78. The van der Waals surface area contributed by atoms with E-state index in [0.717, 1.165) is 5.69 Å². The highest BCUT2D eigenvalue weighted by atomic mass is 15.2. The van der Waals surface area contributed by atoms with Crippen molar-refractivity contribution in [3.05, 3.63) is 182 Å². The van der Waals surface area contributed by atoms with Crippen molar-refractivity contribution in [3.8, 4) is 22.5 Å². The summed E-state index contributed by atoms with van der Waals surface area (Å²) in [6, 6.07) is 67.0. The van der Waals surface area contributed by atoms with E-state index in [2.05, 4.69) is 196 Å². The summed E-state index contributed by atoms with van der Waals surface area (Å²) in [6.07, 6.45) is 0. The van der Waals surface area contributed by atoms with Crippen LogP contribution in [-0.2, 0) is 0 Å². The summed E-state index contributed by atoms with van der Waals surface area (Å²) < 4.78 is 5.06. The molecule has 3 nitrogen and oxygen atoms in total. The number of anilines is 3. The van der Waals surface area contributed by atoms with Crippen LogP contribution in [0.1, 0.15) is 0 Å².